The van der Waals surface area contributed by atoms with Crippen LogP contribution in [-0.2, 0) is 4.43 Å². The lowest BCUT2D eigenvalue weighted by Crippen LogP contribution is -2.56. The minimum atomic E-state index is -1.75. The third-order valence-corrected chi connectivity index (χ3v) is 10.6. The highest BCUT2D eigenvalue weighted by atomic mass is 28.4. The van der Waals surface area contributed by atoms with Crippen LogP contribution in [0.4, 0.5) is 0 Å². The summed E-state index contributed by atoms with van der Waals surface area (Å²) in [5.41, 5.74) is 0.272. The Kier molecular flexibility index (Phi) is 16.7. The van der Waals surface area contributed by atoms with E-state index in [-0.39, 0.29) is 5.41 Å². The van der Waals surface area contributed by atoms with Crippen LogP contribution in [0.2, 0.25) is 18.6 Å². The molecule has 0 saturated carbocycles. The van der Waals surface area contributed by atoms with Crippen molar-refractivity contribution in [2.75, 3.05) is 65.5 Å². The van der Waals surface area contributed by atoms with Crippen molar-refractivity contribution in [3.05, 3.63) is 0 Å². The Labute approximate surface area is 191 Å². The molecule has 0 aliphatic heterocycles. The van der Waals surface area contributed by atoms with Gasteiger partial charge in [0.15, 0.2) is 8.32 Å². The molecule has 0 heterocycles. The highest BCUT2D eigenvalue weighted by Crippen LogP contribution is 2.36. The topological polar surface area (TPSA) is 19.0 Å². The van der Waals surface area contributed by atoms with Crippen molar-refractivity contribution in [3.63, 3.8) is 0 Å². The summed E-state index contributed by atoms with van der Waals surface area (Å²) in [6.07, 6.45) is 3.70. The van der Waals surface area contributed by atoms with Gasteiger partial charge in [-0.15, -0.1) is 0 Å². The molecular weight excluding hydrogens is 386 g/mol. The fourth-order valence-corrected chi connectivity index (χ4v) is 8.33. The van der Waals surface area contributed by atoms with Crippen LogP contribution < -0.4 is 0 Å². The van der Waals surface area contributed by atoms with Gasteiger partial charge >= 0.3 is 0 Å². The summed E-state index contributed by atoms with van der Waals surface area (Å²) in [4.78, 5) is 8.15. The van der Waals surface area contributed by atoms with Gasteiger partial charge in [0.2, 0.25) is 0 Å². The molecule has 0 aromatic heterocycles. The van der Waals surface area contributed by atoms with Gasteiger partial charge in [-0.1, -0.05) is 48.5 Å². The molecular formula is C25H57N3OSi. The van der Waals surface area contributed by atoms with E-state index in [0.29, 0.717) is 0 Å². The van der Waals surface area contributed by atoms with Gasteiger partial charge in [0.25, 0.3) is 0 Å². The van der Waals surface area contributed by atoms with Gasteiger partial charge in [0, 0.05) is 31.7 Å². The van der Waals surface area contributed by atoms with Crippen LogP contribution in [0.3, 0.4) is 0 Å². The van der Waals surface area contributed by atoms with Gasteiger partial charge in [-0.2, -0.15) is 0 Å². The van der Waals surface area contributed by atoms with Crippen LogP contribution in [0.1, 0.15) is 74.7 Å². The molecule has 0 rings (SSSR count). The van der Waals surface area contributed by atoms with Crippen molar-refractivity contribution in [1.29, 1.82) is 0 Å². The Bertz CT molecular complexity index is 369. The Morgan fingerprint density at radius 2 is 1.00 bits per heavy atom. The van der Waals surface area contributed by atoms with Crippen molar-refractivity contribution < 1.29 is 4.43 Å². The van der Waals surface area contributed by atoms with Gasteiger partial charge in [-0.3, -0.25) is 0 Å². The lowest BCUT2D eigenvalue weighted by atomic mass is 9.87. The van der Waals surface area contributed by atoms with Crippen molar-refractivity contribution in [1.82, 2.24) is 14.7 Å². The van der Waals surface area contributed by atoms with Gasteiger partial charge in [-0.05, 0) is 84.1 Å². The Morgan fingerprint density at radius 3 is 1.23 bits per heavy atom. The predicted octanol–water partition coefficient (Wildman–Crippen LogP) is 5.80. The monoisotopic (exact) mass is 443 g/mol. The van der Waals surface area contributed by atoms with Crippen molar-refractivity contribution in [3.8, 4) is 0 Å². The first-order valence-corrected chi connectivity index (χ1v) is 15.9. The lowest BCUT2D eigenvalue weighted by molar-refractivity contribution is 0.0665. The van der Waals surface area contributed by atoms with E-state index in [4.69, 9.17) is 4.43 Å². The summed E-state index contributed by atoms with van der Waals surface area (Å²) < 4.78 is 6.54. The second-order valence-electron chi connectivity index (χ2n) is 9.52. The largest absolute Gasteiger partial charge is 0.417 e. The minimum Gasteiger partial charge on any atom is -0.417 e. The molecule has 0 aromatic carbocycles. The van der Waals surface area contributed by atoms with Crippen molar-refractivity contribution in [2.24, 2.45) is 5.41 Å². The average molecular weight is 444 g/mol. The summed E-state index contributed by atoms with van der Waals surface area (Å²) in [6, 6.07) is 2.48. The van der Waals surface area contributed by atoms with Gasteiger partial charge in [-0.25, -0.2) is 0 Å². The predicted molar refractivity (Wildman–Crippen MR) is 138 cm³/mol. The molecule has 1 atom stereocenters. The molecule has 182 valence electrons. The van der Waals surface area contributed by atoms with Crippen LogP contribution in [0.25, 0.3) is 0 Å². The fraction of sp³-hybridized carbons (Fsp3) is 1.00. The molecule has 0 fully saturated rings. The van der Waals surface area contributed by atoms with E-state index < -0.39 is 8.32 Å². The molecule has 30 heavy (non-hydrogen) atoms. The van der Waals surface area contributed by atoms with E-state index in [1.807, 2.05) is 0 Å². The molecule has 0 spiro atoms. The summed E-state index contributed by atoms with van der Waals surface area (Å²) in [5.74, 6) is 0. The molecule has 0 amide bonds. The Morgan fingerprint density at radius 1 is 0.633 bits per heavy atom. The summed E-state index contributed by atoms with van der Waals surface area (Å²) in [5, 5.41) is 0. The molecule has 1 unspecified atom stereocenters. The SMILES string of the molecule is CCCN(CC)CC(CN(CC)CCC)(CN(CC)CCC)C[Si](C)(CC)OCC. The van der Waals surface area contributed by atoms with E-state index in [1.165, 1.54) is 70.6 Å². The van der Waals surface area contributed by atoms with E-state index in [0.717, 1.165) is 26.2 Å². The zero-order valence-corrected chi connectivity index (χ0v) is 23.4. The number of hydrogen-bond donors (Lipinski definition) is 0. The van der Waals surface area contributed by atoms with Crippen LogP contribution in [-0.4, -0.2) is 88.5 Å². The number of hydrogen-bond acceptors (Lipinski definition) is 4. The molecule has 0 saturated heterocycles. The molecule has 0 N–H and O–H groups in total. The summed E-state index contributed by atoms with van der Waals surface area (Å²) in [7, 11) is -1.75. The van der Waals surface area contributed by atoms with Crippen LogP contribution in [0.5, 0.6) is 0 Å². The number of rotatable bonds is 20. The van der Waals surface area contributed by atoms with Gasteiger partial charge in [0.1, 0.15) is 0 Å². The zero-order chi connectivity index (χ0) is 23.0. The van der Waals surface area contributed by atoms with Crippen molar-refractivity contribution >= 4 is 8.32 Å². The highest BCUT2D eigenvalue weighted by Gasteiger charge is 2.43. The van der Waals surface area contributed by atoms with Crippen molar-refractivity contribution in [2.45, 2.75) is 93.3 Å². The number of nitrogens with zero attached hydrogens (tertiary/aromatic N) is 3. The average Bonchev–Trinajstić information content (AvgIpc) is 2.72. The maximum atomic E-state index is 6.54. The standard InChI is InChI=1S/C25H57N3OSi/c1-10-18-26(13-4)21-25(22-27(14-5)19-11-2,23-28(15-6)20-12-3)24-30(9,17-8)29-16-7/h10-24H2,1-9H3. The smallest absolute Gasteiger partial charge is 0.190 e. The molecule has 4 nitrogen and oxygen atoms in total. The molecule has 5 heteroatoms. The van der Waals surface area contributed by atoms with E-state index in [2.05, 4.69) is 76.6 Å². The second-order valence-corrected chi connectivity index (χ2v) is 13.8. The molecule has 0 aromatic rings. The zero-order valence-electron chi connectivity index (χ0n) is 22.4. The summed E-state index contributed by atoms with van der Waals surface area (Å²) >= 11 is 0. The third kappa shape index (κ3) is 11.1. The Balaban J connectivity index is 6.16. The quantitative estimate of drug-likeness (QED) is 0.221. The first-order valence-electron chi connectivity index (χ1n) is 13.1. The summed E-state index contributed by atoms with van der Waals surface area (Å²) in [6.45, 7) is 32.5. The van der Waals surface area contributed by atoms with Gasteiger partial charge < -0.3 is 19.1 Å². The van der Waals surface area contributed by atoms with E-state index in [9.17, 15) is 0 Å². The maximum Gasteiger partial charge on any atom is 0.190 e. The highest BCUT2D eigenvalue weighted by molar-refractivity contribution is 6.72. The van der Waals surface area contributed by atoms with E-state index in [1.54, 1.807) is 0 Å². The normalized spacial score (nSPS) is 14.8. The molecule has 0 bridgehead atoms. The molecule has 0 radical (unpaired) electrons. The van der Waals surface area contributed by atoms with Crippen LogP contribution >= 0.6 is 0 Å². The van der Waals surface area contributed by atoms with Crippen LogP contribution in [0.15, 0.2) is 0 Å². The lowest BCUT2D eigenvalue weighted by Gasteiger charge is -2.47. The maximum absolute atomic E-state index is 6.54. The minimum absolute atomic E-state index is 0.272. The first kappa shape index (κ1) is 30.1. The third-order valence-electron chi connectivity index (χ3n) is 6.63. The van der Waals surface area contributed by atoms with Crippen LogP contribution in [0, 0.1) is 5.41 Å². The van der Waals surface area contributed by atoms with Gasteiger partial charge in [0.05, 0.1) is 0 Å². The Hall–Kier alpha value is 0.0569. The second kappa shape index (κ2) is 16.7. The fourth-order valence-electron chi connectivity index (χ4n) is 5.16. The first-order chi connectivity index (χ1) is 14.3. The van der Waals surface area contributed by atoms with E-state index >= 15 is 0 Å². The molecule has 0 aliphatic carbocycles. The molecule has 0 aliphatic rings.